The molecule has 1 aromatic carbocycles. The van der Waals surface area contributed by atoms with Crippen molar-refractivity contribution in [1.29, 1.82) is 0 Å². The maximum absolute atomic E-state index is 13.3. The molecule has 0 aromatic heterocycles. The van der Waals surface area contributed by atoms with E-state index in [-0.39, 0.29) is 18.3 Å². The first kappa shape index (κ1) is 17.3. The van der Waals surface area contributed by atoms with E-state index in [0.29, 0.717) is 12.1 Å². The van der Waals surface area contributed by atoms with Crippen molar-refractivity contribution in [3.8, 4) is 0 Å². The molecule has 0 radical (unpaired) electrons. The van der Waals surface area contributed by atoms with Crippen molar-refractivity contribution in [2.45, 2.75) is 32.6 Å². The predicted molar refractivity (Wildman–Crippen MR) is 75.9 cm³/mol. The number of primary amides is 1. The van der Waals surface area contributed by atoms with Crippen molar-refractivity contribution in [2.24, 2.45) is 5.73 Å². The Labute approximate surface area is 122 Å². The zero-order chi connectivity index (χ0) is 16.2. The lowest BCUT2D eigenvalue weighted by Gasteiger charge is -2.30. The number of hydrogen-bond donors (Lipinski definition) is 2. The summed E-state index contributed by atoms with van der Waals surface area (Å²) in [6.07, 6.45) is -4.50. The van der Waals surface area contributed by atoms with E-state index in [1.165, 1.54) is 11.0 Å². The lowest BCUT2D eigenvalue weighted by Crippen LogP contribution is -2.39. The maximum Gasteiger partial charge on any atom is 0.418 e. The number of amides is 1. The summed E-state index contributed by atoms with van der Waals surface area (Å²) in [5, 5.41) is 2.81. The minimum absolute atomic E-state index is 0.0313. The molecule has 1 amide bonds. The quantitative estimate of drug-likeness (QED) is 0.846. The van der Waals surface area contributed by atoms with Gasteiger partial charge in [-0.1, -0.05) is 6.07 Å². The number of nitrogens with one attached hydrogen (secondary N) is 1. The molecule has 7 heteroatoms. The normalized spacial score (nSPS) is 11.8. The summed E-state index contributed by atoms with van der Waals surface area (Å²) in [7, 11) is 1.66. The van der Waals surface area contributed by atoms with Gasteiger partial charge in [-0.2, -0.15) is 13.2 Å². The fourth-order valence-electron chi connectivity index (χ4n) is 2.09. The van der Waals surface area contributed by atoms with Crippen molar-refractivity contribution in [2.75, 3.05) is 18.5 Å². The molecule has 0 spiro atoms. The van der Waals surface area contributed by atoms with Crippen LogP contribution in [0, 0.1) is 0 Å². The second kappa shape index (κ2) is 6.80. The molecule has 0 aliphatic carbocycles. The molecular weight excluding hydrogens is 283 g/mol. The average Bonchev–Trinajstić information content (AvgIpc) is 2.35. The third kappa shape index (κ3) is 4.63. The molecule has 0 unspecified atom stereocenters. The highest BCUT2D eigenvalue weighted by atomic mass is 19.4. The number of halogens is 3. The van der Waals surface area contributed by atoms with Crippen LogP contribution in [0.3, 0.4) is 0 Å². The zero-order valence-corrected chi connectivity index (χ0v) is 12.3. The van der Waals surface area contributed by atoms with E-state index >= 15 is 0 Å². The molecule has 21 heavy (non-hydrogen) atoms. The van der Waals surface area contributed by atoms with Gasteiger partial charge in [0.1, 0.15) is 0 Å². The van der Waals surface area contributed by atoms with Gasteiger partial charge in [-0.25, -0.2) is 0 Å². The average molecular weight is 303 g/mol. The third-order valence-corrected chi connectivity index (χ3v) is 3.01. The van der Waals surface area contributed by atoms with Crippen LogP contribution in [0.2, 0.25) is 0 Å². The molecule has 0 aliphatic heterocycles. The summed E-state index contributed by atoms with van der Waals surface area (Å²) in [4.78, 5) is 12.5. The van der Waals surface area contributed by atoms with Crippen LogP contribution in [0.4, 0.5) is 18.9 Å². The number of anilines is 1. The van der Waals surface area contributed by atoms with Gasteiger partial charge in [0.05, 0.1) is 12.1 Å². The van der Waals surface area contributed by atoms with Crippen molar-refractivity contribution in [3.05, 3.63) is 29.3 Å². The fraction of sp³-hybridized carbons (Fsp3) is 0.500. The summed E-state index contributed by atoms with van der Waals surface area (Å²) in [6.45, 7) is 3.50. The first-order chi connectivity index (χ1) is 9.66. The molecule has 0 aliphatic rings. The Morgan fingerprint density at radius 1 is 1.38 bits per heavy atom. The molecule has 1 rings (SSSR count). The molecule has 0 bridgehead atoms. The van der Waals surface area contributed by atoms with Crippen molar-refractivity contribution < 1.29 is 18.0 Å². The SMILES string of the molecule is CNCc1ccc(N(CC(N)=O)C(C)C)c(C(F)(F)F)c1. The van der Waals surface area contributed by atoms with Crippen molar-refractivity contribution in [3.63, 3.8) is 0 Å². The molecule has 3 N–H and O–H groups in total. The third-order valence-electron chi connectivity index (χ3n) is 3.01. The van der Waals surface area contributed by atoms with E-state index in [2.05, 4.69) is 5.32 Å². The second-order valence-corrected chi connectivity index (χ2v) is 5.07. The molecule has 4 nitrogen and oxygen atoms in total. The Balaban J connectivity index is 3.34. The highest BCUT2D eigenvalue weighted by Gasteiger charge is 2.35. The number of alkyl halides is 3. The largest absolute Gasteiger partial charge is 0.418 e. The number of rotatable bonds is 6. The molecule has 0 heterocycles. The molecule has 0 atom stereocenters. The Morgan fingerprint density at radius 2 is 2.00 bits per heavy atom. The van der Waals surface area contributed by atoms with E-state index in [0.717, 1.165) is 6.07 Å². The summed E-state index contributed by atoms with van der Waals surface area (Å²) in [6, 6.07) is 3.81. The van der Waals surface area contributed by atoms with E-state index < -0.39 is 17.6 Å². The van der Waals surface area contributed by atoms with Gasteiger partial charge in [0.15, 0.2) is 0 Å². The van der Waals surface area contributed by atoms with E-state index in [4.69, 9.17) is 5.73 Å². The number of carbonyl (C=O) groups excluding carboxylic acids is 1. The summed E-state index contributed by atoms with van der Waals surface area (Å²) < 4.78 is 39.8. The van der Waals surface area contributed by atoms with E-state index in [9.17, 15) is 18.0 Å². The van der Waals surface area contributed by atoms with Gasteiger partial charge in [-0.15, -0.1) is 0 Å². The standard InChI is InChI=1S/C14H20F3N3O/c1-9(2)20(8-13(18)21)12-5-4-10(7-19-3)6-11(12)14(15,16)17/h4-6,9,19H,7-8H2,1-3H3,(H2,18,21). The molecule has 118 valence electrons. The predicted octanol–water partition coefficient (Wildman–Crippen LogP) is 2.12. The Kier molecular flexibility index (Phi) is 5.60. The Morgan fingerprint density at radius 3 is 2.43 bits per heavy atom. The number of hydrogen-bond acceptors (Lipinski definition) is 3. The zero-order valence-electron chi connectivity index (χ0n) is 12.3. The smallest absolute Gasteiger partial charge is 0.368 e. The number of nitrogens with zero attached hydrogens (tertiary/aromatic N) is 1. The maximum atomic E-state index is 13.3. The Bertz CT molecular complexity index is 501. The number of benzene rings is 1. The van der Waals surface area contributed by atoms with Gasteiger partial charge in [-0.05, 0) is 38.6 Å². The minimum Gasteiger partial charge on any atom is -0.368 e. The van der Waals surface area contributed by atoms with Crippen molar-refractivity contribution >= 4 is 11.6 Å². The lowest BCUT2D eigenvalue weighted by molar-refractivity contribution is -0.137. The van der Waals surface area contributed by atoms with Gasteiger partial charge >= 0.3 is 6.18 Å². The van der Waals surface area contributed by atoms with Crippen LogP contribution in [-0.2, 0) is 17.5 Å². The molecule has 0 saturated heterocycles. The molecule has 0 saturated carbocycles. The molecule has 0 fully saturated rings. The van der Waals surface area contributed by atoms with Crippen LogP contribution in [0.5, 0.6) is 0 Å². The monoisotopic (exact) mass is 303 g/mol. The highest BCUT2D eigenvalue weighted by molar-refractivity contribution is 5.80. The van der Waals surface area contributed by atoms with Crippen LogP contribution in [0.15, 0.2) is 18.2 Å². The van der Waals surface area contributed by atoms with Gasteiger partial charge in [0.2, 0.25) is 5.91 Å². The summed E-state index contributed by atoms with van der Waals surface area (Å²) in [5.74, 6) is -0.670. The Hall–Kier alpha value is -1.76. The molecule has 1 aromatic rings. The van der Waals surface area contributed by atoms with Crippen LogP contribution in [0.1, 0.15) is 25.0 Å². The number of nitrogens with two attached hydrogens (primary N) is 1. The van der Waals surface area contributed by atoms with Gasteiger partial charge < -0.3 is 16.0 Å². The van der Waals surface area contributed by atoms with Gasteiger partial charge in [0, 0.05) is 18.3 Å². The van der Waals surface area contributed by atoms with Gasteiger partial charge in [0.25, 0.3) is 0 Å². The van der Waals surface area contributed by atoms with Crippen LogP contribution in [-0.4, -0.2) is 25.5 Å². The lowest BCUT2D eigenvalue weighted by atomic mass is 10.1. The minimum atomic E-state index is -4.50. The van der Waals surface area contributed by atoms with E-state index in [1.807, 2.05) is 0 Å². The molecular formula is C14H20F3N3O. The van der Waals surface area contributed by atoms with Crippen LogP contribution >= 0.6 is 0 Å². The topological polar surface area (TPSA) is 58.4 Å². The van der Waals surface area contributed by atoms with Gasteiger partial charge in [-0.3, -0.25) is 4.79 Å². The number of carbonyl (C=O) groups is 1. The van der Waals surface area contributed by atoms with Crippen LogP contribution in [0.25, 0.3) is 0 Å². The summed E-state index contributed by atoms with van der Waals surface area (Å²) >= 11 is 0. The first-order valence-electron chi connectivity index (χ1n) is 6.56. The van der Waals surface area contributed by atoms with Crippen LogP contribution < -0.4 is 16.0 Å². The second-order valence-electron chi connectivity index (χ2n) is 5.07. The summed E-state index contributed by atoms with van der Waals surface area (Å²) in [5.41, 5.74) is 4.87. The highest BCUT2D eigenvalue weighted by Crippen LogP contribution is 2.37. The fourth-order valence-corrected chi connectivity index (χ4v) is 2.09. The van der Waals surface area contributed by atoms with Crippen molar-refractivity contribution in [1.82, 2.24) is 5.32 Å². The first-order valence-corrected chi connectivity index (χ1v) is 6.56. The van der Waals surface area contributed by atoms with E-state index in [1.54, 1.807) is 27.0 Å².